The van der Waals surface area contributed by atoms with Crippen LogP contribution in [0.4, 0.5) is 0 Å². The standard InChI is InChI=1S/C18H24N2S/c1-5-16(19)17-11-10-15(12-20-17)21-14-8-6-13(7-9-14)18(2,3)4/h6-12,16H,5,19H2,1-4H3/t16-/m0/s1. The third-order valence-electron chi connectivity index (χ3n) is 3.53. The van der Waals surface area contributed by atoms with E-state index in [1.165, 1.54) is 10.5 Å². The molecule has 2 nitrogen and oxygen atoms in total. The fourth-order valence-electron chi connectivity index (χ4n) is 2.04. The second-order valence-electron chi connectivity index (χ2n) is 6.31. The van der Waals surface area contributed by atoms with E-state index in [9.17, 15) is 0 Å². The van der Waals surface area contributed by atoms with Crippen LogP contribution >= 0.6 is 11.8 Å². The first-order valence-electron chi connectivity index (χ1n) is 7.40. The number of aromatic nitrogens is 1. The maximum absolute atomic E-state index is 5.98. The number of rotatable bonds is 4. The predicted molar refractivity (Wildman–Crippen MR) is 90.7 cm³/mol. The number of hydrogen-bond acceptors (Lipinski definition) is 3. The van der Waals surface area contributed by atoms with Gasteiger partial charge < -0.3 is 5.73 Å². The minimum atomic E-state index is 0.0371. The van der Waals surface area contributed by atoms with Gasteiger partial charge in [-0.05, 0) is 41.7 Å². The molecule has 0 bridgehead atoms. The average molecular weight is 300 g/mol. The fourth-order valence-corrected chi connectivity index (χ4v) is 2.83. The molecule has 0 amide bonds. The number of hydrogen-bond donors (Lipinski definition) is 1. The van der Waals surface area contributed by atoms with E-state index in [4.69, 9.17) is 5.73 Å². The molecule has 2 aromatic rings. The molecule has 1 aromatic heterocycles. The molecule has 0 saturated heterocycles. The van der Waals surface area contributed by atoms with Crippen molar-refractivity contribution in [1.82, 2.24) is 4.98 Å². The Labute approximate surface area is 132 Å². The zero-order chi connectivity index (χ0) is 15.5. The molecule has 21 heavy (non-hydrogen) atoms. The summed E-state index contributed by atoms with van der Waals surface area (Å²) in [6, 6.07) is 12.9. The third kappa shape index (κ3) is 4.32. The molecule has 0 aliphatic heterocycles. The van der Waals surface area contributed by atoms with Gasteiger partial charge in [0.1, 0.15) is 0 Å². The zero-order valence-corrected chi connectivity index (χ0v) is 14.1. The quantitative estimate of drug-likeness (QED) is 0.869. The fraction of sp³-hybridized carbons (Fsp3) is 0.389. The summed E-state index contributed by atoms with van der Waals surface area (Å²) in [5, 5.41) is 0. The monoisotopic (exact) mass is 300 g/mol. The Kier molecular flexibility index (Phi) is 5.07. The molecule has 0 saturated carbocycles. The molecular weight excluding hydrogens is 276 g/mol. The first-order chi connectivity index (χ1) is 9.90. The Hall–Kier alpha value is -1.32. The summed E-state index contributed by atoms with van der Waals surface area (Å²) >= 11 is 1.73. The van der Waals surface area contributed by atoms with Crippen molar-refractivity contribution >= 4 is 11.8 Å². The van der Waals surface area contributed by atoms with Crippen LogP contribution in [-0.2, 0) is 5.41 Å². The highest BCUT2D eigenvalue weighted by Gasteiger charge is 2.13. The van der Waals surface area contributed by atoms with Crippen LogP contribution in [0.2, 0.25) is 0 Å². The highest BCUT2D eigenvalue weighted by Crippen LogP contribution is 2.30. The molecule has 0 fully saturated rings. The van der Waals surface area contributed by atoms with Crippen LogP contribution in [0.5, 0.6) is 0 Å². The first kappa shape index (κ1) is 16.1. The highest BCUT2D eigenvalue weighted by molar-refractivity contribution is 7.99. The third-order valence-corrected chi connectivity index (χ3v) is 4.52. The molecule has 1 aromatic carbocycles. The van der Waals surface area contributed by atoms with Crippen molar-refractivity contribution in [3.05, 3.63) is 53.9 Å². The van der Waals surface area contributed by atoms with Crippen LogP contribution in [0.1, 0.15) is 51.4 Å². The highest BCUT2D eigenvalue weighted by atomic mass is 32.2. The lowest BCUT2D eigenvalue weighted by Gasteiger charge is -2.19. The second-order valence-corrected chi connectivity index (χ2v) is 7.46. The summed E-state index contributed by atoms with van der Waals surface area (Å²) < 4.78 is 0. The summed E-state index contributed by atoms with van der Waals surface area (Å²) in [5.41, 5.74) is 8.50. The lowest BCUT2D eigenvalue weighted by molar-refractivity contribution is 0.590. The Morgan fingerprint density at radius 1 is 1.05 bits per heavy atom. The van der Waals surface area contributed by atoms with E-state index in [0.717, 1.165) is 17.0 Å². The maximum atomic E-state index is 5.98. The topological polar surface area (TPSA) is 38.9 Å². The molecule has 0 radical (unpaired) electrons. The number of benzene rings is 1. The van der Waals surface area contributed by atoms with Crippen molar-refractivity contribution < 1.29 is 0 Å². The van der Waals surface area contributed by atoms with E-state index in [2.05, 4.69) is 63.0 Å². The maximum Gasteiger partial charge on any atom is 0.0571 e. The van der Waals surface area contributed by atoms with Crippen molar-refractivity contribution in [2.75, 3.05) is 0 Å². The largest absolute Gasteiger partial charge is 0.323 e. The lowest BCUT2D eigenvalue weighted by atomic mass is 9.87. The molecule has 0 spiro atoms. The van der Waals surface area contributed by atoms with Crippen LogP contribution < -0.4 is 5.73 Å². The smallest absolute Gasteiger partial charge is 0.0571 e. The van der Waals surface area contributed by atoms with Crippen LogP contribution in [-0.4, -0.2) is 4.98 Å². The Balaban J connectivity index is 2.08. The molecule has 2 N–H and O–H groups in total. The normalized spacial score (nSPS) is 13.2. The van der Waals surface area contributed by atoms with Gasteiger partial charge in [-0.2, -0.15) is 0 Å². The summed E-state index contributed by atoms with van der Waals surface area (Å²) in [7, 11) is 0. The number of nitrogens with two attached hydrogens (primary N) is 1. The molecular formula is C18H24N2S. The summed E-state index contributed by atoms with van der Waals surface area (Å²) in [6.07, 6.45) is 2.82. The molecule has 0 aliphatic rings. The Morgan fingerprint density at radius 3 is 2.14 bits per heavy atom. The van der Waals surface area contributed by atoms with E-state index >= 15 is 0 Å². The van der Waals surface area contributed by atoms with E-state index in [0.29, 0.717) is 0 Å². The molecule has 112 valence electrons. The summed E-state index contributed by atoms with van der Waals surface area (Å²) in [5.74, 6) is 0. The number of pyridine rings is 1. The van der Waals surface area contributed by atoms with Gasteiger partial charge >= 0.3 is 0 Å². The van der Waals surface area contributed by atoms with Gasteiger partial charge in [0, 0.05) is 22.0 Å². The molecule has 2 rings (SSSR count). The van der Waals surface area contributed by atoms with E-state index < -0.39 is 0 Å². The van der Waals surface area contributed by atoms with Crippen molar-refractivity contribution in [1.29, 1.82) is 0 Å². The van der Waals surface area contributed by atoms with Crippen LogP contribution in [0, 0.1) is 0 Å². The minimum Gasteiger partial charge on any atom is -0.323 e. The van der Waals surface area contributed by atoms with Crippen LogP contribution in [0.15, 0.2) is 52.4 Å². The lowest BCUT2D eigenvalue weighted by Crippen LogP contribution is -2.10. The van der Waals surface area contributed by atoms with Crippen molar-refractivity contribution in [2.24, 2.45) is 5.73 Å². The molecule has 1 atom stereocenters. The van der Waals surface area contributed by atoms with E-state index in [1.54, 1.807) is 11.8 Å². The van der Waals surface area contributed by atoms with Gasteiger partial charge in [-0.3, -0.25) is 4.98 Å². The van der Waals surface area contributed by atoms with Crippen LogP contribution in [0.25, 0.3) is 0 Å². The Bertz CT molecular complexity index is 568. The first-order valence-corrected chi connectivity index (χ1v) is 8.21. The molecule has 3 heteroatoms. The van der Waals surface area contributed by atoms with Gasteiger partial charge in [0.05, 0.1) is 5.69 Å². The Morgan fingerprint density at radius 2 is 1.67 bits per heavy atom. The van der Waals surface area contributed by atoms with Gasteiger partial charge in [-0.1, -0.05) is 51.6 Å². The average Bonchev–Trinajstić information content (AvgIpc) is 2.47. The molecule has 1 heterocycles. The number of nitrogens with zero attached hydrogens (tertiary/aromatic N) is 1. The zero-order valence-electron chi connectivity index (χ0n) is 13.3. The summed E-state index contributed by atoms with van der Waals surface area (Å²) in [4.78, 5) is 6.83. The van der Waals surface area contributed by atoms with E-state index in [-0.39, 0.29) is 11.5 Å². The predicted octanol–water partition coefficient (Wildman–Crippen LogP) is 4.94. The van der Waals surface area contributed by atoms with Crippen molar-refractivity contribution in [3.63, 3.8) is 0 Å². The van der Waals surface area contributed by atoms with E-state index in [1.807, 2.05) is 12.3 Å². The summed E-state index contributed by atoms with van der Waals surface area (Å²) in [6.45, 7) is 8.77. The SMILES string of the molecule is CC[C@H](N)c1ccc(Sc2ccc(C(C)(C)C)cc2)cn1. The second kappa shape index (κ2) is 6.63. The minimum absolute atomic E-state index is 0.0371. The van der Waals surface area contributed by atoms with Gasteiger partial charge in [0.15, 0.2) is 0 Å². The van der Waals surface area contributed by atoms with Gasteiger partial charge in [0.25, 0.3) is 0 Å². The molecule has 0 aliphatic carbocycles. The van der Waals surface area contributed by atoms with Gasteiger partial charge in [0.2, 0.25) is 0 Å². The van der Waals surface area contributed by atoms with Crippen molar-refractivity contribution in [2.45, 2.75) is 55.4 Å². The van der Waals surface area contributed by atoms with Crippen LogP contribution in [0.3, 0.4) is 0 Å². The van der Waals surface area contributed by atoms with Crippen molar-refractivity contribution in [3.8, 4) is 0 Å². The van der Waals surface area contributed by atoms with Gasteiger partial charge in [-0.15, -0.1) is 0 Å². The molecule has 0 unspecified atom stereocenters. The van der Waals surface area contributed by atoms with Gasteiger partial charge in [-0.25, -0.2) is 0 Å².